The topological polar surface area (TPSA) is 41.5 Å². The van der Waals surface area contributed by atoms with E-state index in [1.807, 2.05) is 13.8 Å². The van der Waals surface area contributed by atoms with Crippen LogP contribution in [0.5, 0.6) is 0 Å². The highest BCUT2D eigenvalue weighted by Gasteiger charge is 2.46. The van der Waals surface area contributed by atoms with E-state index in [2.05, 4.69) is 10.5 Å². The van der Waals surface area contributed by atoms with Gasteiger partial charge in [-0.1, -0.05) is 26.0 Å². The number of hydrogen-bond acceptors (Lipinski definition) is 3. The van der Waals surface area contributed by atoms with Crippen LogP contribution in [-0.4, -0.2) is 17.5 Å². The van der Waals surface area contributed by atoms with E-state index in [4.69, 9.17) is 0 Å². The normalized spacial score (nSPS) is 27.1. The van der Waals surface area contributed by atoms with Gasteiger partial charge in [-0.15, -0.1) is 0 Å². The zero-order valence-corrected chi connectivity index (χ0v) is 12.4. The molecule has 3 nitrogen and oxygen atoms in total. The standard InChI is InChI=1S/C16H17F3N2O/c1-15(2)7-11-13(12(22)8-15)14(21-20-11)9-4-3-5-10(6-9)16(17,18)19/h3-6,11,13,20H,7-8H2,1-2H3/t11-,13-/m1/s1. The monoisotopic (exact) mass is 310 g/mol. The Morgan fingerprint density at radius 2 is 2.05 bits per heavy atom. The van der Waals surface area contributed by atoms with E-state index in [9.17, 15) is 18.0 Å². The molecule has 1 heterocycles. The molecule has 0 radical (unpaired) electrons. The van der Waals surface area contributed by atoms with Gasteiger partial charge in [0.2, 0.25) is 0 Å². The molecule has 0 aromatic heterocycles. The Morgan fingerprint density at radius 1 is 1.32 bits per heavy atom. The van der Waals surface area contributed by atoms with E-state index < -0.39 is 17.7 Å². The van der Waals surface area contributed by atoms with Gasteiger partial charge < -0.3 is 5.43 Å². The van der Waals surface area contributed by atoms with Crippen molar-refractivity contribution in [2.45, 2.75) is 38.9 Å². The number of hydrazone groups is 1. The highest BCUT2D eigenvalue weighted by atomic mass is 19.4. The second kappa shape index (κ2) is 4.83. The molecule has 0 unspecified atom stereocenters. The Hall–Kier alpha value is -1.85. The molecule has 1 aromatic rings. The fourth-order valence-corrected chi connectivity index (χ4v) is 3.38. The molecule has 1 saturated carbocycles. The van der Waals surface area contributed by atoms with Crippen LogP contribution in [0.3, 0.4) is 0 Å². The first-order valence-corrected chi connectivity index (χ1v) is 7.21. The molecular weight excluding hydrogens is 293 g/mol. The number of benzene rings is 1. The van der Waals surface area contributed by atoms with Crippen molar-refractivity contribution in [3.8, 4) is 0 Å². The average Bonchev–Trinajstić information content (AvgIpc) is 2.80. The van der Waals surface area contributed by atoms with Crippen LogP contribution in [0, 0.1) is 11.3 Å². The maximum Gasteiger partial charge on any atom is 0.416 e. The van der Waals surface area contributed by atoms with E-state index in [-0.39, 0.29) is 17.2 Å². The number of nitrogens with zero attached hydrogens (tertiary/aromatic N) is 1. The Bertz CT molecular complexity index is 649. The Morgan fingerprint density at radius 3 is 2.73 bits per heavy atom. The first-order chi connectivity index (χ1) is 10.2. The highest BCUT2D eigenvalue weighted by Crippen LogP contribution is 2.40. The number of fused-ring (bicyclic) bond motifs is 1. The maximum absolute atomic E-state index is 12.8. The molecule has 3 rings (SSSR count). The molecule has 2 atom stereocenters. The molecule has 1 aromatic carbocycles. The third kappa shape index (κ3) is 2.62. The van der Waals surface area contributed by atoms with Crippen LogP contribution in [0.25, 0.3) is 0 Å². The lowest BCUT2D eigenvalue weighted by Crippen LogP contribution is -2.45. The van der Waals surface area contributed by atoms with E-state index in [1.54, 1.807) is 6.07 Å². The predicted octanol–water partition coefficient (Wildman–Crippen LogP) is 3.39. The van der Waals surface area contributed by atoms with Crippen molar-refractivity contribution in [1.29, 1.82) is 0 Å². The number of hydrogen-bond donors (Lipinski definition) is 1. The summed E-state index contributed by atoms with van der Waals surface area (Å²) in [6.07, 6.45) is -3.20. The lowest BCUT2D eigenvalue weighted by molar-refractivity contribution is -0.137. The van der Waals surface area contributed by atoms with Gasteiger partial charge in [0, 0.05) is 6.42 Å². The summed E-state index contributed by atoms with van der Waals surface area (Å²) >= 11 is 0. The molecule has 0 amide bonds. The number of nitrogens with one attached hydrogen (secondary N) is 1. The fraction of sp³-hybridized carbons (Fsp3) is 0.500. The van der Waals surface area contributed by atoms with Crippen molar-refractivity contribution in [2.24, 2.45) is 16.4 Å². The summed E-state index contributed by atoms with van der Waals surface area (Å²) in [5.41, 5.74) is 2.90. The van der Waals surface area contributed by atoms with Gasteiger partial charge in [-0.3, -0.25) is 4.79 Å². The van der Waals surface area contributed by atoms with Gasteiger partial charge in [-0.05, 0) is 29.5 Å². The Labute approximate surface area is 126 Å². The van der Waals surface area contributed by atoms with Crippen LogP contribution >= 0.6 is 0 Å². The second-order valence-electron chi connectivity index (χ2n) is 6.80. The van der Waals surface area contributed by atoms with Gasteiger partial charge in [0.1, 0.15) is 5.78 Å². The quantitative estimate of drug-likeness (QED) is 0.864. The van der Waals surface area contributed by atoms with Crippen molar-refractivity contribution in [1.82, 2.24) is 5.43 Å². The van der Waals surface area contributed by atoms with Crippen LogP contribution in [-0.2, 0) is 11.0 Å². The van der Waals surface area contributed by atoms with Gasteiger partial charge in [-0.25, -0.2) is 0 Å². The first-order valence-electron chi connectivity index (χ1n) is 7.21. The SMILES string of the molecule is CC1(C)CC(=O)[C@@H]2C(c3cccc(C(F)(F)F)c3)=NN[C@@H]2C1. The van der Waals surface area contributed by atoms with E-state index in [0.29, 0.717) is 17.7 Å². The van der Waals surface area contributed by atoms with Gasteiger partial charge >= 0.3 is 6.18 Å². The first kappa shape index (κ1) is 15.1. The molecule has 22 heavy (non-hydrogen) atoms. The molecule has 6 heteroatoms. The smallest absolute Gasteiger partial charge is 0.306 e. The summed E-state index contributed by atoms with van der Waals surface area (Å²) in [6, 6.07) is 4.89. The Kier molecular flexibility index (Phi) is 3.30. The van der Waals surface area contributed by atoms with Crippen molar-refractivity contribution in [3.63, 3.8) is 0 Å². The molecule has 118 valence electrons. The summed E-state index contributed by atoms with van der Waals surface area (Å²) in [5.74, 6) is -0.404. The molecule has 0 saturated heterocycles. The number of rotatable bonds is 1. The minimum absolute atomic E-state index is 0.0439. The zero-order chi connectivity index (χ0) is 16.1. The van der Waals surface area contributed by atoms with Gasteiger partial charge in [0.15, 0.2) is 0 Å². The molecule has 0 spiro atoms. The van der Waals surface area contributed by atoms with Crippen LogP contribution in [0.15, 0.2) is 29.4 Å². The molecule has 1 fully saturated rings. The predicted molar refractivity (Wildman–Crippen MR) is 76.4 cm³/mol. The average molecular weight is 310 g/mol. The summed E-state index contributed by atoms with van der Waals surface area (Å²) in [5, 5.41) is 4.17. The fourth-order valence-electron chi connectivity index (χ4n) is 3.38. The molecule has 1 aliphatic heterocycles. The van der Waals surface area contributed by atoms with E-state index in [0.717, 1.165) is 18.6 Å². The molecule has 2 aliphatic rings. The summed E-state index contributed by atoms with van der Waals surface area (Å²) in [7, 11) is 0. The summed E-state index contributed by atoms with van der Waals surface area (Å²) in [6.45, 7) is 4.04. The van der Waals surface area contributed by atoms with Crippen molar-refractivity contribution in [3.05, 3.63) is 35.4 Å². The van der Waals surface area contributed by atoms with Gasteiger partial charge in [-0.2, -0.15) is 18.3 Å². The molecule has 1 N–H and O–H groups in total. The maximum atomic E-state index is 12.8. The highest BCUT2D eigenvalue weighted by molar-refractivity contribution is 6.15. The van der Waals surface area contributed by atoms with Crippen LogP contribution in [0.1, 0.15) is 37.8 Å². The van der Waals surface area contributed by atoms with Crippen LogP contribution < -0.4 is 5.43 Å². The third-order valence-corrected chi connectivity index (χ3v) is 4.31. The third-order valence-electron chi connectivity index (χ3n) is 4.31. The molecule has 0 bridgehead atoms. The minimum Gasteiger partial charge on any atom is -0.306 e. The van der Waals surface area contributed by atoms with E-state index >= 15 is 0 Å². The number of carbonyl (C=O) groups excluding carboxylic acids is 1. The van der Waals surface area contributed by atoms with E-state index in [1.165, 1.54) is 6.07 Å². The van der Waals surface area contributed by atoms with Crippen molar-refractivity contribution < 1.29 is 18.0 Å². The minimum atomic E-state index is -4.40. The lowest BCUT2D eigenvalue weighted by atomic mass is 9.68. The molecular formula is C16H17F3N2O. The zero-order valence-electron chi connectivity index (χ0n) is 12.4. The Balaban J connectivity index is 1.93. The second-order valence-corrected chi connectivity index (χ2v) is 6.80. The lowest BCUT2D eigenvalue weighted by Gasteiger charge is -2.36. The number of ketones is 1. The summed E-state index contributed by atoms with van der Waals surface area (Å²) in [4.78, 5) is 12.4. The van der Waals surface area contributed by atoms with Gasteiger partial charge in [0.25, 0.3) is 0 Å². The van der Waals surface area contributed by atoms with Gasteiger partial charge in [0.05, 0.1) is 23.2 Å². The number of Topliss-reactive ketones (excluding diaryl/α,β-unsaturated/α-hetero) is 1. The number of halogens is 3. The summed E-state index contributed by atoms with van der Waals surface area (Å²) < 4.78 is 38.5. The number of carbonyl (C=O) groups is 1. The van der Waals surface area contributed by atoms with Crippen molar-refractivity contribution in [2.75, 3.05) is 0 Å². The molecule has 1 aliphatic carbocycles. The largest absolute Gasteiger partial charge is 0.416 e. The number of alkyl halides is 3. The van der Waals surface area contributed by atoms with Crippen LogP contribution in [0.2, 0.25) is 0 Å². The van der Waals surface area contributed by atoms with Crippen molar-refractivity contribution >= 4 is 11.5 Å². The van der Waals surface area contributed by atoms with Crippen LogP contribution in [0.4, 0.5) is 13.2 Å².